The zero-order valence-electron chi connectivity index (χ0n) is 10.9. The summed E-state index contributed by atoms with van der Waals surface area (Å²) >= 11 is 0. The lowest BCUT2D eigenvalue weighted by atomic mass is 10.1. The van der Waals surface area contributed by atoms with Crippen molar-refractivity contribution in [1.29, 1.82) is 5.26 Å². The molecule has 4 nitrogen and oxygen atoms in total. The molecule has 2 rings (SSSR count). The average Bonchev–Trinajstić information content (AvgIpc) is 2.48. The van der Waals surface area contributed by atoms with Crippen LogP contribution in [0.4, 0.5) is 5.82 Å². The summed E-state index contributed by atoms with van der Waals surface area (Å²) in [6, 6.07) is 14.2. The van der Waals surface area contributed by atoms with Crippen LogP contribution in [0.25, 0.3) is 11.3 Å². The van der Waals surface area contributed by atoms with Crippen molar-refractivity contribution in [2.75, 3.05) is 11.9 Å². The van der Waals surface area contributed by atoms with Gasteiger partial charge in [-0.05, 0) is 24.1 Å². The fourth-order valence-corrected chi connectivity index (χ4v) is 1.74. The van der Waals surface area contributed by atoms with Crippen LogP contribution < -0.4 is 5.32 Å². The topological polar surface area (TPSA) is 61.6 Å². The van der Waals surface area contributed by atoms with Gasteiger partial charge in [-0.1, -0.05) is 31.2 Å². The Hall–Kier alpha value is -2.41. The van der Waals surface area contributed by atoms with Gasteiger partial charge in [0, 0.05) is 12.1 Å². The summed E-state index contributed by atoms with van der Waals surface area (Å²) in [5.41, 5.74) is 3.23. The number of benzene rings is 1. The molecule has 4 heteroatoms. The maximum atomic E-state index is 8.45. The van der Waals surface area contributed by atoms with E-state index in [-0.39, 0.29) is 0 Å². The Kier molecular flexibility index (Phi) is 4.46. The second-order valence-corrected chi connectivity index (χ2v) is 4.19. The van der Waals surface area contributed by atoms with Gasteiger partial charge < -0.3 is 5.32 Å². The minimum absolute atomic E-state index is 0.460. The average molecular weight is 252 g/mol. The molecule has 0 radical (unpaired) electrons. The third-order valence-corrected chi connectivity index (χ3v) is 2.87. The number of nitriles is 1. The van der Waals surface area contributed by atoms with Crippen LogP contribution in [0.1, 0.15) is 18.9 Å². The highest BCUT2D eigenvalue weighted by molar-refractivity contribution is 5.59. The number of aryl methyl sites for hydroxylation is 1. The van der Waals surface area contributed by atoms with Crippen molar-refractivity contribution >= 4 is 5.82 Å². The van der Waals surface area contributed by atoms with Gasteiger partial charge in [-0.15, -0.1) is 10.2 Å². The third kappa shape index (κ3) is 3.52. The Morgan fingerprint density at radius 3 is 2.47 bits per heavy atom. The molecule has 0 bridgehead atoms. The number of hydrogen-bond acceptors (Lipinski definition) is 4. The van der Waals surface area contributed by atoms with Gasteiger partial charge in [0.1, 0.15) is 5.82 Å². The molecular formula is C15H16N4. The molecule has 0 unspecified atom stereocenters. The zero-order valence-corrected chi connectivity index (χ0v) is 10.9. The van der Waals surface area contributed by atoms with E-state index in [4.69, 9.17) is 5.26 Å². The number of aromatic nitrogens is 2. The molecule has 1 aromatic carbocycles. The van der Waals surface area contributed by atoms with E-state index in [9.17, 15) is 0 Å². The monoisotopic (exact) mass is 252 g/mol. The molecule has 1 N–H and O–H groups in total. The largest absolute Gasteiger partial charge is 0.368 e. The van der Waals surface area contributed by atoms with Crippen molar-refractivity contribution in [1.82, 2.24) is 10.2 Å². The first-order valence-electron chi connectivity index (χ1n) is 6.37. The molecule has 0 saturated heterocycles. The quantitative estimate of drug-likeness (QED) is 0.831. The smallest absolute Gasteiger partial charge is 0.148 e. The Balaban J connectivity index is 2.06. The highest BCUT2D eigenvalue weighted by Gasteiger charge is 2.01. The van der Waals surface area contributed by atoms with Crippen LogP contribution in [0.15, 0.2) is 36.4 Å². The van der Waals surface area contributed by atoms with Crippen LogP contribution >= 0.6 is 0 Å². The lowest BCUT2D eigenvalue weighted by Crippen LogP contribution is -2.03. The normalized spacial score (nSPS) is 9.89. The molecule has 0 amide bonds. The van der Waals surface area contributed by atoms with E-state index in [1.165, 1.54) is 5.56 Å². The van der Waals surface area contributed by atoms with E-state index in [1.54, 1.807) is 0 Å². The third-order valence-electron chi connectivity index (χ3n) is 2.87. The number of nitrogens with one attached hydrogen (secondary N) is 1. The molecule has 0 aliphatic heterocycles. The molecule has 0 aliphatic rings. The van der Waals surface area contributed by atoms with Crippen molar-refractivity contribution in [3.05, 3.63) is 42.0 Å². The summed E-state index contributed by atoms with van der Waals surface area (Å²) < 4.78 is 0. The molecule has 96 valence electrons. The lowest BCUT2D eigenvalue weighted by Gasteiger charge is -2.04. The number of rotatable bonds is 5. The Bertz CT molecular complexity index is 552. The van der Waals surface area contributed by atoms with E-state index in [2.05, 4.69) is 52.8 Å². The van der Waals surface area contributed by atoms with Crippen LogP contribution in [-0.2, 0) is 6.42 Å². The fourth-order valence-electron chi connectivity index (χ4n) is 1.74. The van der Waals surface area contributed by atoms with Gasteiger partial charge in [-0.25, -0.2) is 0 Å². The summed E-state index contributed by atoms with van der Waals surface area (Å²) in [6.45, 7) is 2.73. The highest BCUT2D eigenvalue weighted by atomic mass is 15.2. The molecular weight excluding hydrogens is 236 g/mol. The number of hydrogen-bond donors (Lipinski definition) is 1. The lowest BCUT2D eigenvalue weighted by molar-refractivity contribution is 0.992. The summed E-state index contributed by atoms with van der Waals surface area (Å²) in [4.78, 5) is 0. The van der Waals surface area contributed by atoms with Gasteiger partial charge in [-0.2, -0.15) is 5.26 Å². The molecule has 2 aromatic rings. The van der Waals surface area contributed by atoms with Gasteiger partial charge >= 0.3 is 0 Å². The van der Waals surface area contributed by atoms with Crippen molar-refractivity contribution < 1.29 is 0 Å². The van der Waals surface area contributed by atoms with E-state index in [0.29, 0.717) is 18.8 Å². The molecule has 1 heterocycles. The Labute approximate surface area is 113 Å². The molecule has 0 aliphatic carbocycles. The van der Waals surface area contributed by atoms with Crippen molar-refractivity contribution in [2.45, 2.75) is 19.8 Å². The number of anilines is 1. The predicted octanol–water partition coefficient (Wildman–Crippen LogP) is 3.03. The molecule has 0 spiro atoms. The van der Waals surface area contributed by atoms with Crippen molar-refractivity contribution in [3.8, 4) is 17.3 Å². The Morgan fingerprint density at radius 2 is 1.89 bits per heavy atom. The van der Waals surface area contributed by atoms with Gasteiger partial charge in [0.2, 0.25) is 0 Å². The fraction of sp³-hybridized carbons (Fsp3) is 0.267. The van der Waals surface area contributed by atoms with Crippen LogP contribution in [-0.4, -0.2) is 16.7 Å². The highest BCUT2D eigenvalue weighted by Crippen LogP contribution is 2.18. The van der Waals surface area contributed by atoms with Gasteiger partial charge in [-0.3, -0.25) is 0 Å². The first-order chi connectivity index (χ1) is 9.33. The van der Waals surface area contributed by atoms with Crippen molar-refractivity contribution in [2.24, 2.45) is 0 Å². The summed E-state index contributed by atoms with van der Waals surface area (Å²) in [5, 5.41) is 19.8. The van der Waals surface area contributed by atoms with Gasteiger partial charge in [0.05, 0.1) is 18.2 Å². The number of nitrogens with zero attached hydrogens (tertiary/aromatic N) is 3. The standard InChI is InChI=1S/C15H16N4/c1-2-12-4-6-13(7-5-12)14-8-9-15(19-18-14)17-11-3-10-16/h4-9H,2-3,11H2,1H3,(H,17,19). The van der Waals surface area contributed by atoms with E-state index in [1.807, 2.05) is 12.1 Å². The second-order valence-electron chi connectivity index (χ2n) is 4.19. The predicted molar refractivity (Wildman–Crippen MR) is 75.6 cm³/mol. The maximum Gasteiger partial charge on any atom is 0.148 e. The summed E-state index contributed by atoms with van der Waals surface area (Å²) in [5.74, 6) is 0.698. The van der Waals surface area contributed by atoms with Gasteiger partial charge in [0.25, 0.3) is 0 Å². The minimum atomic E-state index is 0.460. The Morgan fingerprint density at radius 1 is 1.11 bits per heavy atom. The zero-order chi connectivity index (χ0) is 13.5. The van der Waals surface area contributed by atoms with Crippen LogP contribution in [0.5, 0.6) is 0 Å². The molecule has 19 heavy (non-hydrogen) atoms. The molecule has 0 fully saturated rings. The van der Waals surface area contributed by atoms with Crippen LogP contribution in [0.2, 0.25) is 0 Å². The van der Waals surface area contributed by atoms with Gasteiger partial charge in [0.15, 0.2) is 0 Å². The summed E-state index contributed by atoms with van der Waals surface area (Å²) in [7, 11) is 0. The summed E-state index contributed by atoms with van der Waals surface area (Å²) in [6.07, 6.45) is 1.50. The molecule has 0 atom stereocenters. The maximum absolute atomic E-state index is 8.45. The second kappa shape index (κ2) is 6.50. The SMILES string of the molecule is CCc1ccc(-c2ccc(NCCC#N)nn2)cc1. The van der Waals surface area contributed by atoms with Crippen LogP contribution in [0, 0.1) is 11.3 Å². The first-order valence-corrected chi connectivity index (χ1v) is 6.37. The first kappa shape index (κ1) is 13.0. The minimum Gasteiger partial charge on any atom is -0.368 e. The molecule has 0 saturated carbocycles. The van der Waals surface area contributed by atoms with E-state index in [0.717, 1.165) is 17.7 Å². The van der Waals surface area contributed by atoms with E-state index < -0.39 is 0 Å². The van der Waals surface area contributed by atoms with Crippen molar-refractivity contribution in [3.63, 3.8) is 0 Å². The van der Waals surface area contributed by atoms with Crippen LogP contribution in [0.3, 0.4) is 0 Å². The molecule has 1 aromatic heterocycles. The van der Waals surface area contributed by atoms with E-state index >= 15 is 0 Å².